The maximum absolute atomic E-state index is 11.1. The van der Waals surface area contributed by atoms with Crippen molar-refractivity contribution in [2.24, 2.45) is 0 Å². The number of rotatable bonds is 3. The van der Waals surface area contributed by atoms with E-state index in [1.54, 1.807) is 0 Å². The maximum atomic E-state index is 11.1. The van der Waals surface area contributed by atoms with Crippen molar-refractivity contribution in [3.63, 3.8) is 0 Å². The minimum absolute atomic E-state index is 0.0239. The molecule has 0 aromatic rings. The molecular formula is C9H16O3S. The molecule has 0 aliphatic heterocycles. The zero-order valence-electron chi connectivity index (χ0n) is 7.61. The number of hydrogen-bond donors (Lipinski definition) is 2. The van der Waals surface area contributed by atoms with E-state index in [0.29, 0.717) is 12.2 Å². The number of carbonyl (C=O) groups excluding carboxylic acids is 1. The summed E-state index contributed by atoms with van der Waals surface area (Å²) in [5.41, 5.74) is 0. The molecule has 0 heterocycles. The second kappa shape index (κ2) is 5.50. The predicted octanol–water partition coefficient (Wildman–Crippen LogP) is 1.15. The third-order valence-corrected chi connectivity index (χ3v) is 2.48. The molecule has 76 valence electrons. The van der Waals surface area contributed by atoms with E-state index in [1.807, 2.05) is 0 Å². The molecule has 0 aromatic carbocycles. The molecule has 0 unspecified atom stereocenters. The van der Waals surface area contributed by atoms with Gasteiger partial charge in [0.05, 0.1) is 12.5 Å². The van der Waals surface area contributed by atoms with Gasteiger partial charge in [-0.25, -0.2) is 0 Å². The van der Waals surface area contributed by atoms with Crippen molar-refractivity contribution in [2.75, 3.05) is 5.75 Å². The van der Waals surface area contributed by atoms with Gasteiger partial charge in [-0.15, -0.1) is 0 Å². The highest BCUT2D eigenvalue weighted by molar-refractivity contribution is 7.80. The SMILES string of the molecule is O=C(CCS)OC1CCC(O)CC1. The summed E-state index contributed by atoms with van der Waals surface area (Å²) in [6.07, 6.45) is 3.29. The summed E-state index contributed by atoms with van der Waals surface area (Å²) in [6, 6.07) is 0. The molecule has 1 rings (SSSR count). The maximum Gasteiger partial charge on any atom is 0.306 e. The van der Waals surface area contributed by atoms with E-state index >= 15 is 0 Å². The van der Waals surface area contributed by atoms with Crippen molar-refractivity contribution < 1.29 is 14.6 Å². The number of esters is 1. The number of thiol groups is 1. The first kappa shape index (κ1) is 10.9. The van der Waals surface area contributed by atoms with E-state index in [-0.39, 0.29) is 18.2 Å². The lowest BCUT2D eigenvalue weighted by atomic mass is 9.95. The normalized spacial score (nSPS) is 28.5. The third-order valence-electron chi connectivity index (χ3n) is 2.26. The molecule has 3 nitrogen and oxygen atoms in total. The number of aliphatic hydroxyl groups excluding tert-OH is 1. The molecule has 1 fully saturated rings. The Hall–Kier alpha value is -0.220. The molecule has 0 spiro atoms. The van der Waals surface area contributed by atoms with Crippen LogP contribution in [0.15, 0.2) is 0 Å². The zero-order chi connectivity index (χ0) is 9.68. The van der Waals surface area contributed by atoms with Crippen LogP contribution in [0.4, 0.5) is 0 Å². The highest BCUT2D eigenvalue weighted by Gasteiger charge is 2.21. The smallest absolute Gasteiger partial charge is 0.306 e. The van der Waals surface area contributed by atoms with Gasteiger partial charge in [0.15, 0.2) is 0 Å². The van der Waals surface area contributed by atoms with Gasteiger partial charge in [0.25, 0.3) is 0 Å². The van der Waals surface area contributed by atoms with Crippen molar-refractivity contribution in [1.82, 2.24) is 0 Å². The average molecular weight is 204 g/mol. The van der Waals surface area contributed by atoms with E-state index in [9.17, 15) is 9.90 Å². The van der Waals surface area contributed by atoms with Gasteiger partial charge in [0.1, 0.15) is 6.10 Å². The lowest BCUT2D eigenvalue weighted by Gasteiger charge is -2.25. The van der Waals surface area contributed by atoms with Crippen molar-refractivity contribution >= 4 is 18.6 Å². The Kier molecular flexibility index (Phi) is 4.59. The van der Waals surface area contributed by atoms with E-state index in [1.165, 1.54) is 0 Å². The van der Waals surface area contributed by atoms with E-state index in [2.05, 4.69) is 12.6 Å². The molecule has 0 saturated heterocycles. The molecular weight excluding hydrogens is 188 g/mol. The minimum Gasteiger partial charge on any atom is -0.462 e. The van der Waals surface area contributed by atoms with Gasteiger partial charge in [-0.3, -0.25) is 4.79 Å². The van der Waals surface area contributed by atoms with Crippen LogP contribution >= 0.6 is 12.6 Å². The highest BCUT2D eigenvalue weighted by Crippen LogP contribution is 2.21. The van der Waals surface area contributed by atoms with Crippen molar-refractivity contribution in [3.05, 3.63) is 0 Å². The van der Waals surface area contributed by atoms with Crippen LogP contribution in [-0.4, -0.2) is 29.0 Å². The summed E-state index contributed by atoms with van der Waals surface area (Å²) in [7, 11) is 0. The second-order valence-corrected chi connectivity index (χ2v) is 3.84. The van der Waals surface area contributed by atoms with Crippen LogP contribution in [0.3, 0.4) is 0 Å². The Morgan fingerprint density at radius 3 is 2.54 bits per heavy atom. The summed E-state index contributed by atoms with van der Waals surface area (Å²) >= 11 is 3.95. The summed E-state index contributed by atoms with van der Waals surface area (Å²) < 4.78 is 5.18. The fraction of sp³-hybridized carbons (Fsp3) is 0.889. The number of carbonyl (C=O) groups is 1. The fourth-order valence-corrected chi connectivity index (χ4v) is 1.68. The molecule has 1 aliphatic rings. The molecule has 0 aromatic heterocycles. The Morgan fingerprint density at radius 1 is 1.38 bits per heavy atom. The Bertz CT molecular complexity index is 164. The van der Waals surface area contributed by atoms with Crippen molar-refractivity contribution in [3.8, 4) is 0 Å². The fourth-order valence-electron chi connectivity index (χ4n) is 1.50. The highest BCUT2D eigenvalue weighted by atomic mass is 32.1. The zero-order valence-corrected chi connectivity index (χ0v) is 8.50. The first-order chi connectivity index (χ1) is 6.22. The molecule has 1 aliphatic carbocycles. The standard InChI is InChI=1S/C9H16O3S/c10-7-1-3-8(4-2-7)12-9(11)5-6-13/h7-8,10,13H,1-6H2. The Morgan fingerprint density at radius 2 is 2.00 bits per heavy atom. The molecule has 0 bridgehead atoms. The van der Waals surface area contributed by atoms with Crippen LogP contribution in [0.2, 0.25) is 0 Å². The third kappa shape index (κ3) is 4.00. The Balaban J connectivity index is 2.18. The largest absolute Gasteiger partial charge is 0.462 e. The van der Waals surface area contributed by atoms with Gasteiger partial charge >= 0.3 is 5.97 Å². The summed E-state index contributed by atoms with van der Waals surface area (Å²) in [5.74, 6) is 0.366. The predicted molar refractivity (Wildman–Crippen MR) is 52.8 cm³/mol. The number of hydrogen-bond acceptors (Lipinski definition) is 4. The van der Waals surface area contributed by atoms with E-state index in [4.69, 9.17) is 4.74 Å². The lowest BCUT2D eigenvalue weighted by Crippen LogP contribution is -2.26. The van der Waals surface area contributed by atoms with Gasteiger partial charge in [-0.2, -0.15) is 12.6 Å². The molecule has 4 heteroatoms. The van der Waals surface area contributed by atoms with Gasteiger partial charge in [0.2, 0.25) is 0 Å². The number of aliphatic hydroxyl groups is 1. The first-order valence-corrected chi connectivity index (χ1v) is 5.34. The number of ether oxygens (including phenoxy) is 1. The molecule has 1 saturated carbocycles. The summed E-state index contributed by atoms with van der Waals surface area (Å²) in [5, 5.41) is 9.21. The average Bonchev–Trinajstić information content (AvgIpc) is 2.09. The molecule has 1 N–H and O–H groups in total. The van der Waals surface area contributed by atoms with Gasteiger partial charge in [-0.1, -0.05) is 0 Å². The Labute approximate surface area is 83.9 Å². The van der Waals surface area contributed by atoms with Crippen LogP contribution in [0, 0.1) is 0 Å². The summed E-state index contributed by atoms with van der Waals surface area (Å²) in [4.78, 5) is 11.1. The van der Waals surface area contributed by atoms with Crippen LogP contribution in [0.25, 0.3) is 0 Å². The molecule has 0 radical (unpaired) electrons. The van der Waals surface area contributed by atoms with Crippen LogP contribution in [0.5, 0.6) is 0 Å². The van der Waals surface area contributed by atoms with Crippen molar-refractivity contribution in [2.45, 2.75) is 44.3 Å². The quantitative estimate of drug-likeness (QED) is 0.535. The van der Waals surface area contributed by atoms with Crippen LogP contribution in [0.1, 0.15) is 32.1 Å². The van der Waals surface area contributed by atoms with E-state index < -0.39 is 0 Å². The second-order valence-electron chi connectivity index (χ2n) is 3.39. The van der Waals surface area contributed by atoms with Crippen LogP contribution in [-0.2, 0) is 9.53 Å². The van der Waals surface area contributed by atoms with Crippen LogP contribution < -0.4 is 0 Å². The molecule has 0 atom stereocenters. The first-order valence-electron chi connectivity index (χ1n) is 4.70. The van der Waals surface area contributed by atoms with E-state index in [0.717, 1.165) is 25.7 Å². The van der Waals surface area contributed by atoms with Gasteiger partial charge in [-0.05, 0) is 25.7 Å². The lowest BCUT2D eigenvalue weighted by molar-refractivity contribution is -0.151. The molecule has 0 amide bonds. The summed E-state index contributed by atoms with van der Waals surface area (Å²) in [6.45, 7) is 0. The monoisotopic (exact) mass is 204 g/mol. The van der Waals surface area contributed by atoms with Crippen molar-refractivity contribution in [1.29, 1.82) is 0 Å². The topological polar surface area (TPSA) is 46.5 Å². The van der Waals surface area contributed by atoms with Gasteiger partial charge < -0.3 is 9.84 Å². The minimum atomic E-state index is -0.195. The van der Waals surface area contributed by atoms with Gasteiger partial charge in [0, 0.05) is 5.75 Å². The molecule has 13 heavy (non-hydrogen) atoms.